The van der Waals surface area contributed by atoms with Gasteiger partial charge in [-0.15, -0.1) is 0 Å². The van der Waals surface area contributed by atoms with Crippen LogP contribution >= 0.6 is 0 Å². The maximum Gasteiger partial charge on any atom is -0.00489 e. The van der Waals surface area contributed by atoms with Crippen LogP contribution < -0.4 is 5.32 Å². The zero-order valence-corrected chi connectivity index (χ0v) is 12.6. The monoisotopic (exact) mass is 247 g/mol. The highest BCUT2D eigenvalue weighted by Gasteiger charge is 2.03. The quantitative estimate of drug-likeness (QED) is 0.674. The van der Waals surface area contributed by atoms with Gasteiger partial charge in [0.2, 0.25) is 0 Å². The molecule has 0 unspecified atom stereocenters. The van der Waals surface area contributed by atoms with Crippen molar-refractivity contribution in [1.82, 2.24) is 5.32 Å². The van der Waals surface area contributed by atoms with Crippen LogP contribution in [0.4, 0.5) is 0 Å². The molecule has 1 nitrogen and oxygen atoms in total. The lowest BCUT2D eigenvalue weighted by Gasteiger charge is -2.11. The summed E-state index contributed by atoms with van der Waals surface area (Å²) >= 11 is 0. The van der Waals surface area contributed by atoms with Gasteiger partial charge in [0, 0.05) is 0 Å². The zero-order chi connectivity index (χ0) is 13.4. The van der Waals surface area contributed by atoms with Gasteiger partial charge in [0.05, 0.1) is 0 Å². The van der Waals surface area contributed by atoms with Crippen molar-refractivity contribution in [1.29, 1.82) is 0 Å². The molecule has 0 heterocycles. The van der Waals surface area contributed by atoms with Gasteiger partial charge in [-0.1, -0.05) is 31.0 Å². The molecule has 0 aliphatic carbocycles. The molecule has 0 fully saturated rings. The van der Waals surface area contributed by atoms with E-state index in [0.717, 1.165) is 6.54 Å². The van der Waals surface area contributed by atoms with Crippen molar-refractivity contribution >= 4 is 0 Å². The number of hydrogen-bond acceptors (Lipinski definition) is 1. The topological polar surface area (TPSA) is 12.0 Å². The number of unbranched alkanes of at least 4 members (excludes halogenated alkanes) is 2. The van der Waals surface area contributed by atoms with Crippen molar-refractivity contribution < 1.29 is 0 Å². The van der Waals surface area contributed by atoms with E-state index >= 15 is 0 Å². The minimum atomic E-state index is 1.16. The Kier molecular flexibility index (Phi) is 7.04. The van der Waals surface area contributed by atoms with E-state index in [0.29, 0.717) is 0 Å². The Morgan fingerprint density at radius 1 is 0.889 bits per heavy atom. The van der Waals surface area contributed by atoms with E-state index in [1.807, 2.05) is 0 Å². The first-order chi connectivity index (χ1) is 8.65. The summed E-state index contributed by atoms with van der Waals surface area (Å²) in [5.41, 5.74) is 5.90. The van der Waals surface area contributed by atoms with Crippen LogP contribution in [0.3, 0.4) is 0 Å². The van der Waals surface area contributed by atoms with Crippen molar-refractivity contribution in [2.24, 2.45) is 0 Å². The number of rotatable bonds is 8. The van der Waals surface area contributed by atoms with Crippen molar-refractivity contribution in [3.8, 4) is 0 Å². The number of benzene rings is 1. The first-order valence-electron chi connectivity index (χ1n) is 7.42. The molecule has 1 N–H and O–H groups in total. The minimum absolute atomic E-state index is 1.16. The molecule has 1 aromatic carbocycles. The third-order valence-corrected chi connectivity index (χ3v) is 3.55. The van der Waals surface area contributed by atoms with E-state index in [-0.39, 0.29) is 0 Å². The molecule has 0 aromatic heterocycles. The largest absolute Gasteiger partial charge is 0.317 e. The van der Waals surface area contributed by atoms with Gasteiger partial charge in [-0.05, 0) is 76.2 Å². The number of aryl methyl sites for hydroxylation is 3. The van der Waals surface area contributed by atoms with Crippen molar-refractivity contribution in [2.45, 2.75) is 59.8 Å². The zero-order valence-electron chi connectivity index (χ0n) is 12.6. The van der Waals surface area contributed by atoms with E-state index in [1.165, 1.54) is 55.3 Å². The highest BCUT2D eigenvalue weighted by Crippen LogP contribution is 2.18. The Hall–Kier alpha value is -0.820. The van der Waals surface area contributed by atoms with Crippen LogP contribution in [0.15, 0.2) is 12.1 Å². The maximum atomic E-state index is 3.46. The lowest BCUT2D eigenvalue weighted by molar-refractivity contribution is 0.598. The summed E-state index contributed by atoms with van der Waals surface area (Å²) < 4.78 is 0. The molecule has 0 saturated carbocycles. The maximum absolute atomic E-state index is 3.46. The third-order valence-electron chi connectivity index (χ3n) is 3.55. The van der Waals surface area contributed by atoms with Gasteiger partial charge in [-0.25, -0.2) is 0 Å². The van der Waals surface area contributed by atoms with Crippen molar-refractivity contribution in [3.63, 3.8) is 0 Å². The average molecular weight is 247 g/mol. The van der Waals surface area contributed by atoms with Gasteiger partial charge in [0.15, 0.2) is 0 Å². The molecule has 0 aliphatic rings. The predicted octanol–water partition coefficient (Wildman–Crippen LogP) is 4.32. The van der Waals surface area contributed by atoms with Crippen LogP contribution in [0, 0.1) is 20.8 Å². The molecule has 102 valence electrons. The second kappa shape index (κ2) is 8.31. The van der Waals surface area contributed by atoms with Gasteiger partial charge in [0.25, 0.3) is 0 Å². The minimum Gasteiger partial charge on any atom is -0.317 e. The molecule has 0 spiro atoms. The first-order valence-corrected chi connectivity index (χ1v) is 7.42. The van der Waals surface area contributed by atoms with Gasteiger partial charge in [-0.2, -0.15) is 0 Å². The van der Waals surface area contributed by atoms with Crippen LogP contribution in [0.1, 0.15) is 54.9 Å². The Morgan fingerprint density at radius 2 is 1.56 bits per heavy atom. The first kappa shape index (κ1) is 15.2. The van der Waals surface area contributed by atoms with Crippen LogP contribution in [0.25, 0.3) is 0 Å². The summed E-state index contributed by atoms with van der Waals surface area (Å²) in [6.45, 7) is 11.2. The Morgan fingerprint density at radius 3 is 2.17 bits per heavy atom. The van der Waals surface area contributed by atoms with Gasteiger partial charge in [0.1, 0.15) is 0 Å². The van der Waals surface area contributed by atoms with E-state index in [2.05, 4.69) is 45.1 Å². The molecule has 0 bridgehead atoms. The van der Waals surface area contributed by atoms with E-state index in [1.54, 1.807) is 5.56 Å². The predicted molar refractivity (Wildman–Crippen MR) is 81.4 cm³/mol. The lowest BCUT2D eigenvalue weighted by atomic mass is 9.95. The highest BCUT2D eigenvalue weighted by molar-refractivity contribution is 5.37. The fourth-order valence-electron chi connectivity index (χ4n) is 2.63. The molecule has 0 saturated heterocycles. The van der Waals surface area contributed by atoms with Crippen LogP contribution in [0.5, 0.6) is 0 Å². The smallest absolute Gasteiger partial charge is 0.00489 e. The Labute approximate surface area is 113 Å². The fraction of sp³-hybridized carbons (Fsp3) is 0.647. The third kappa shape index (κ3) is 5.22. The van der Waals surface area contributed by atoms with E-state index in [9.17, 15) is 0 Å². The van der Waals surface area contributed by atoms with Crippen LogP contribution in [-0.2, 0) is 6.42 Å². The number of hydrogen-bond donors (Lipinski definition) is 1. The second-order valence-electron chi connectivity index (χ2n) is 5.44. The van der Waals surface area contributed by atoms with Crippen molar-refractivity contribution in [3.05, 3.63) is 34.4 Å². The van der Waals surface area contributed by atoms with Crippen LogP contribution in [-0.4, -0.2) is 13.1 Å². The molecule has 0 amide bonds. The molecule has 0 aliphatic heterocycles. The summed E-state index contributed by atoms with van der Waals surface area (Å²) in [4.78, 5) is 0. The second-order valence-corrected chi connectivity index (χ2v) is 5.44. The summed E-state index contributed by atoms with van der Waals surface area (Å²) in [5.74, 6) is 0. The van der Waals surface area contributed by atoms with Gasteiger partial charge in [-0.3, -0.25) is 0 Å². The van der Waals surface area contributed by atoms with Gasteiger partial charge < -0.3 is 5.32 Å². The molecular weight excluding hydrogens is 218 g/mol. The Bertz CT molecular complexity index is 332. The standard InChI is InChI=1S/C17H29N/c1-5-10-18-11-8-6-7-9-17-15(3)12-14(2)13-16(17)4/h12-13,18H,5-11H2,1-4H3. The molecule has 0 atom stereocenters. The molecule has 1 rings (SSSR count). The molecule has 1 aromatic rings. The normalized spacial score (nSPS) is 10.9. The molecule has 0 radical (unpaired) electrons. The lowest BCUT2D eigenvalue weighted by Crippen LogP contribution is -2.15. The van der Waals surface area contributed by atoms with E-state index in [4.69, 9.17) is 0 Å². The summed E-state index contributed by atoms with van der Waals surface area (Å²) in [5, 5.41) is 3.46. The van der Waals surface area contributed by atoms with Crippen LogP contribution in [0.2, 0.25) is 0 Å². The average Bonchev–Trinajstić information content (AvgIpc) is 2.30. The molecule has 1 heteroatoms. The molecule has 18 heavy (non-hydrogen) atoms. The fourth-order valence-corrected chi connectivity index (χ4v) is 2.63. The molecular formula is C17H29N. The highest BCUT2D eigenvalue weighted by atomic mass is 14.8. The SMILES string of the molecule is CCCNCCCCCc1c(C)cc(C)cc1C. The number of nitrogens with one attached hydrogen (secondary N) is 1. The van der Waals surface area contributed by atoms with Gasteiger partial charge >= 0.3 is 0 Å². The van der Waals surface area contributed by atoms with E-state index < -0.39 is 0 Å². The Balaban J connectivity index is 2.27. The summed E-state index contributed by atoms with van der Waals surface area (Å²) in [6.07, 6.45) is 6.44. The summed E-state index contributed by atoms with van der Waals surface area (Å²) in [7, 11) is 0. The summed E-state index contributed by atoms with van der Waals surface area (Å²) in [6, 6.07) is 4.62. The van der Waals surface area contributed by atoms with Crippen molar-refractivity contribution in [2.75, 3.05) is 13.1 Å².